The van der Waals surface area contributed by atoms with Gasteiger partial charge in [-0.3, -0.25) is 0 Å². The van der Waals surface area contributed by atoms with Crippen LogP contribution in [0.3, 0.4) is 0 Å². The quantitative estimate of drug-likeness (QED) is 0.0791. The van der Waals surface area contributed by atoms with Gasteiger partial charge in [0.05, 0.1) is 21.2 Å². The van der Waals surface area contributed by atoms with E-state index in [9.17, 15) is 30.4 Å². The molecule has 0 unspecified atom stereocenters. The van der Waals surface area contributed by atoms with E-state index in [1.807, 2.05) is 37.3 Å². The lowest BCUT2D eigenvalue weighted by atomic mass is 9.91. The minimum absolute atomic E-state index is 0.00425. The number of hydrogen-bond donors (Lipinski definition) is 4. The summed E-state index contributed by atoms with van der Waals surface area (Å²) >= 11 is 0. The number of fused-ring (bicyclic) bond motifs is 2. The number of ether oxygens (including phenoxy) is 1. The zero-order valence-electron chi connectivity index (χ0n) is 45.9. The molecule has 2 aliphatic rings. The lowest BCUT2D eigenvalue weighted by Gasteiger charge is -2.30. The van der Waals surface area contributed by atoms with Crippen molar-refractivity contribution < 1.29 is 52.7 Å². The number of amides is 1. The Balaban J connectivity index is 0.000000193. The highest BCUT2D eigenvalue weighted by Gasteiger charge is 2.31. The van der Waals surface area contributed by atoms with Crippen LogP contribution in [0.25, 0.3) is 44.6 Å². The van der Waals surface area contributed by atoms with Crippen LogP contribution in [0.2, 0.25) is 0 Å². The molecule has 0 radical (unpaired) electrons. The van der Waals surface area contributed by atoms with E-state index in [1.165, 1.54) is 38.1 Å². The van der Waals surface area contributed by atoms with E-state index < -0.39 is 61.0 Å². The molecule has 0 spiro atoms. The molecule has 2 fully saturated rings. The summed E-state index contributed by atoms with van der Waals surface area (Å²) in [7, 11) is -8.60. The van der Waals surface area contributed by atoms with Crippen molar-refractivity contribution in [3.63, 3.8) is 0 Å². The number of rotatable bonds is 13. The fourth-order valence-electron chi connectivity index (χ4n) is 10.6. The van der Waals surface area contributed by atoms with E-state index in [0.29, 0.717) is 37.8 Å². The molecule has 0 bridgehead atoms. The normalized spacial score (nSPS) is 17.4. The lowest BCUT2D eigenvalue weighted by Crippen LogP contribution is -2.42. The molecule has 4 heterocycles. The third kappa shape index (κ3) is 12.5. The Labute approximate surface area is 480 Å². The topological polar surface area (TPSA) is 218 Å². The predicted molar refractivity (Wildman–Crippen MR) is 306 cm³/mol. The van der Waals surface area contributed by atoms with Gasteiger partial charge in [-0.25, -0.2) is 75.9 Å². The van der Waals surface area contributed by atoms with E-state index in [0.717, 1.165) is 74.8 Å². The number of alkyl carbamates (subject to hydrolysis) is 1. The fraction of sp³-hybridized carbons (Fsp3) is 0.283. The third-order valence-corrected chi connectivity index (χ3v) is 18.2. The number of aryl methyl sites for hydroxylation is 4. The minimum Gasteiger partial charge on any atom is -0.445 e. The Kier molecular flexibility index (Phi) is 16.9. The van der Waals surface area contributed by atoms with E-state index in [4.69, 9.17) is 10.5 Å². The van der Waals surface area contributed by atoms with E-state index >= 15 is 17.6 Å². The van der Waals surface area contributed by atoms with Gasteiger partial charge in [0.15, 0.2) is 46.6 Å². The highest BCUT2D eigenvalue weighted by Crippen LogP contribution is 2.38. The third-order valence-electron chi connectivity index (χ3n) is 14.8. The van der Waals surface area contributed by atoms with Gasteiger partial charge in [-0.05, 0) is 121 Å². The van der Waals surface area contributed by atoms with Crippen molar-refractivity contribution in [3.05, 3.63) is 179 Å². The van der Waals surface area contributed by atoms with Crippen LogP contribution in [0.5, 0.6) is 0 Å². The van der Waals surface area contributed by atoms with Gasteiger partial charge < -0.3 is 26.4 Å². The van der Waals surface area contributed by atoms with Crippen LogP contribution in [0.1, 0.15) is 79.4 Å². The highest BCUT2D eigenvalue weighted by atomic mass is 32.2. The predicted octanol–water partition coefficient (Wildman–Crippen LogP) is 12.1. The van der Waals surface area contributed by atoms with Gasteiger partial charge >= 0.3 is 6.09 Å². The molecule has 5 aromatic carbocycles. The van der Waals surface area contributed by atoms with Crippen molar-refractivity contribution in [2.75, 3.05) is 10.6 Å². The molecular formula is C60H58F6N10O6S2. The second-order valence-corrected chi connectivity index (χ2v) is 24.8. The van der Waals surface area contributed by atoms with Crippen LogP contribution in [-0.2, 0) is 31.4 Å². The number of nitrogens with zero attached hydrogens (tertiary/aromatic N) is 6. The number of nitrogens with two attached hydrogens (primary N) is 1. The molecule has 1 amide bonds. The van der Waals surface area contributed by atoms with Gasteiger partial charge in [-0.1, -0.05) is 65.7 Å². The van der Waals surface area contributed by atoms with Crippen molar-refractivity contribution in [3.8, 4) is 22.8 Å². The number of aromatic nitrogens is 6. The van der Waals surface area contributed by atoms with Crippen LogP contribution < -0.4 is 21.7 Å². The monoisotopic (exact) mass is 1190 g/mol. The molecule has 4 aromatic heterocycles. The van der Waals surface area contributed by atoms with E-state index in [1.54, 1.807) is 31.2 Å². The van der Waals surface area contributed by atoms with E-state index in [-0.39, 0.29) is 108 Å². The average molecular weight is 1190 g/mol. The van der Waals surface area contributed by atoms with E-state index in [2.05, 4.69) is 35.9 Å². The first-order chi connectivity index (χ1) is 40.0. The first kappa shape index (κ1) is 58.8. The standard InChI is InChI=1S/C34H32F3N5O4S.C26H26F3N5O2S/c1-20-11-13-26(14-12-20)47(44,45)42-18-28(27-15-23(35)16-29(36)31(27)42)32-38-21(2)30(37)33(41-32)39-24-9-6-10-25(17-24)40-34(43)46-19-22-7-4-3-5-8-22;1-14-6-8-19(9-7-14)37(35,36)34-13-21(20-10-16(27)11-22(28)24(20)34)25-31-15(2)23(29)26(33-25)32-18-5-3-4-17(30)12-18/h3-5,7-8,11-16,18,24-25H,6,9-10,17,19H2,1-2H3,(H,40,43)(H,38,39,41);6-11,13,17-18H,3-5,12,30H2,1-2H3,(H,31,32,33)/t24-,25+;17-,18+/m01/s1. The maximum atomic E-state index is 15.4. The second kappa shape index (κ2) is 24.1. The number of halogens is 6. The Morgan fingerprint density at radius 3 is 1.49 bits per heavy atom. The molecule has 4 atom stereocenters. The zero-order valence-corrected chi connectivity index (χ0v) is 47.6. The first-order valence-electron chi connectivity index (χ1n) is 27.0. The highest BCUT2D eigenvalue weighted by molar-refractivity contribution is 7.90. The summed E-state index contributed by atoms with van der Waals surface area (Å²) in [4.78, 5) is 29.4. The van der Waals surface area contributed by atoms with Crippen molar-refractivity contribution >= 4 is 59.6 Å². The Morgan fingerprint density at radius 2 is 1.02 bits per heavy atom. The molecule has 9 aromatic rings. The summed E-state index contributed by atoms with van der Waals surface area (Å²) in [6, 6.07) is 24.0. The molecule has 0 aliphatic heterocycles. The van der Waals surface area contributed by atoms with Crippen LogP contribution in [0.4, 0.5) is 42.8 Å². The maximum Gasteiger partial charge on any atom is 0.407 e. The van der Waals surface area contributed by atoms with Crippen LogP contribution >= 0.6 is 0 Å². The number of benzene rings is 5. The van der Waals surface area contributed by atoms with Gasteiger partial charge in [0.2, 0.25) is 0 Å². The van der Waals surface area contributed by atoms with Gasteiger partial charge in [0.25, 0.3) is 20.0 Å². The van der Waals surface area contributed by atoms with Crippen molar-refractivity contribution in [2.24, 2.45) is 5.73 Å². The summed E-state index contributed by atoms with van der Waals surface area (Å²) in [5.41, 5.74) is 7.87. The number of carbonyl (C=O) groups is 1. The molecule has 2 aliphatic carbocycles. The first-order valence-corrected chi connectivity index (χ1v) is 29.9. The number of hydrogen-bond acceptors (Lipinski definition) is 13. The SMILES string of the molecule is Cc1ccc(S(=O)(=O)n2cc(-c3nc(C)c(F)c(N[C@H]4CCC[C@@H](N)C4)n3)c3cc(F)cc(F)c32)cc1.Cc1ccc(S(=O)(=O)n2cc(-c3nc(C)c(F)c(N[C@H]4CCC[C@@H](NC(=O)OCc5ccccc5)C4)n3)c3cc(F)cc(F)c32)cc1. The summed E-state index contributed by atoms with van der Waals surface area (Å²) in [5, 5.41) is 8.93. The largest absolute Gasteiger partial charge is 0.445 e. The fourth-order valence-corrected chi connectivity index (χ4v) is 13.3. The Hall–Kier alpha value is -8.35. The number of carbonyl (C=O) groups excluding carboxylic acids is 1. The van der Waals surface area contributed by atoms with Crippen molar-refractivity contribution in [1.82, 2.24) is 33.2 Å². The molecule has 16 nitrogen and oxygen atoms in total. The summed E-state index contributed by atoms with van der Waals surface area (Å²) in [6.07, 6.45) is 7.50. The van der Waals surface area contributed by atoms with Crippen LogP contribution in [0, 0.1) is 62.6 Å². The van der Waals surface area contributed by atoms with Crippen LogP contribution in [0.15, 0.2) is 125 Å². The molecule has 2 saturated carbocycles. The average Bonchev–Trinajstić information content (AvgIpc) is 1.78. The summed E-state index contributed by atoms with van der Waals surface area (Å²) in [5.74, 6) is -5.76. The molecule has 438 valence electrons. The number of nitrogens with one attached hydrogen (secondary N) is 3. The van der Waals surface area contributed by atoms with Crippen LogP contribution in [-0.4, -0.2) is 75.0 Å². The molecular weight excluding hydrogens is 1130 g/mol. The molecule has 84 heavy (non-hydrogen) atoms. The van der Waals surface area contributed by atoms with Gasteiger partial charge in [-0.15, -0.1) is 0 Å². The Bertz CT molecular complexity index is 4190. The molecule has 11 rings (SSSR count). The molecule has 5 N–H and O–H groups in total. The Morgan fingerprint density at radius 1 is 0.583 bits per heavy atom. The minimum atomic E-state index is -4.33. The van der Waals surface area contributed by atoms with Crippen molar-refractivity contribution in [2.45, 2.75) is 120 Å². The van der Waals surface area contributed by atoms with Gasteiger partial charge in [-0.2, -0.15) is 0 Å². The lowest BCUT2D eigenvalue weighted by molar-refractivity contribution is 0.132. The molecule has 0 saturated heterocycles. The summed E-state index contributed by atoms with van der Waals surface area (Å²) in [6.45, 7) is 6.60. The zero-order chi connectivity index (χ0) is 59.8. The van der Waals surface area contributed by atoms with Gasteiger partial charge in [0.1, 0.15) is 29.3 Å². The smallest absolute Gasteiger partial charge is 0.407 e. The van der Waals surface area contributed by atoms with Crippen molar-refractivity contribution in [1.29, 1.82) is 0 Å². The second-order valence-electron chi connectivity index (χ2n) is 21.2. The number of anilines is 2. The maximum absolute atomic E-state index is 15.4. The molecule has 24 heteroatoms. The summed E-state index contributed by atoms with van der Waals surface area (Å²) < 4.78 is 151. The van der Waals surface area contributed by atoms with Gasteiger partial charge in [0, 0.05) is 70.6 Å².